The molecule has 2 aromatic rings. The number of ether oxygens (including phenoxy) is 1. The number of benzene rings is 1. The number of aryl methyl sites for hydroxylation is 1. The minimum atomic E-state index is -1.04. The van der Waals surface area contributed by atoms with Gasteiger partial charge in [0.25, 0.3) is 5.91 Å². The molecular formula is C14H14F2N2O4. The topological polar surface area (TPSA) is 84.6 Å². The van der Waals surface area contributed by atoms with Gasteiger partial charge in [-0.25, -0.2) is 13.8 Å². The first-order chi connectivity index (χ1) is 10.5. The van der Waals surface area contributed by atoms with Crippen LogP contribution >= 0.6 is 0 Å². The fourth-order valence-corrected chi connectivity index (χ4v) is 1.64. The maximum atomic E-state index is 13.0. The van der Waals surface area contributed by atoms with Gasteiger partial charge in [-0.3, -0.25) is 4.79 Å². The number of amides is 1. The Bertz CT molecular complexity index is 660. The molecule has 0 radical (unpaired) electrons. The van der Waals surface area contributed by atoms with Crippen molar-refractivity contribution in [3.63, 3.8) is 0 Å². The zero-order chi connectivity index (χ0) is 16.1. The first kappa shape index (κ1) is 15.9. The largest absolute Gasteiger partial charge is 0.491 e. The van der Waals surface area contributed by atoms with Gasteiger partial charge in [0.05, 0.1) is 0 Å². The van der Waals surface area contributed by atoms with Gasteiger partial charge < -0.3 is 19.6 Å². The van der Waals surface area contributed by atoms with E-state index in [-0.39, 0.29) is 24.6 Å². The molecule has 2 rings (SSSR count). The molecule has 1 unspecified atom stereocenters. The number of aromatic nitrogens is 1. The molecule has 6 nitrogen and oxygen atoms in total. The van der Waals surface area contributed by atoms with Gasteiger partial charge in [0.15, 0.2) is 23.7 Å². The Morgan fingerprint density at radius 1 is 1.45 bits per heavy atom. The van der Waals surface area contributed by atoms with Crippen LogP contribution < -0.4 is 10.1 Å². The molecule has 118 valence electrons. The Hall–Kier alpha value is -2.48. The fourth-order valence-electron chi connectivity index (χ4n) is 1.64. The summed E-state index contributed by atoms with van der Waals surface area (Å²) < 4.78 is 35.7. The predicted octanol–water partition coefficient (Wildman–Crippen LogP) is 1.43. The van der Waals surface area contributed by atoms with E-state index in [4.69, 9.17) is 9.15 Å². The van der Waals surface area contributed by atoms with Gasteiger partial charge in [-0.2, -0.15) is 0 Å². The summed E-state index contributed by atoms with van der Waals surface area (Å²) in [5, 5.41) is 12.2. The van der Waals surface area contributed by atoms with E-state index in [0.717, 1.165) is 18.5 Å². The van der Waals surface area contributed by atoms with Gasteiger partial charge in [0.1, 0.15) is 24.2 Å². The summed E-state index contributed by atoms with van der Waals surface area (Å²) >= 11 is 0. The van der Waals surface area contributed by atoms with Gasteiger partial charge in [0.2, 0.25) is 0 Å². The molecule has 0 fully saturated rings. The molecule has 1 atom stereocenters. The summed E-state index contributed by atoms with van der Waals surface area (Å²) in [5.74, 6) is -2.07. The van der Waals surface area contributed by atoms with Crippen LogP contribution in [0.15, 0.2) is 29.0 Å². The van der Waals surface area contributed by atoms with Crippen LogP contribution in [0, 0.1) is 18.6 Å². The van der Waals surface area contributed by atoms with Crippen LogP contribution in [0.2, 0.25) is 0 Å². The highest BCUT2D eigenvalue weighted by molar-refractivity contribution is 5.93. The van der Waals surface area contributed by atoms with Crippen LogP contribution in [-0.2, 0) is 0 Å². The van der Waals surface area contributed by atoms with E-state index in [9.17, 15) is 18.7 Å². The molecule has 0 aliphatic carbocycles. The highest BCUT2D eigenvalue weighted by Gasteiger charge is 2.15. The monoisotopic (exact) mass is 312 g/mol. The van der Waals surface area contributed by atoms with Gasteiger partial charge in [-0.15, -0.1) is 0 Å². The molecule has 0 aliphatic heterocycles. The lowest BCUT2D eigenvalue weighted by atomic mass is 10.3. The summed E-state index contributed by atoms with van der Waals surface area (Å²) in [4.78, 5) is 15.4. The van der Waals surface area contributed by atoms with E-state index in [0.29, 0.717) is 5.76 Å². The van der Waals surface area contributed by atoms with Crippen molar-refractivity contribution in [3.8, 4) is 5.75 Å². The van der Waals surface area contributed by atoms with Crippen molar-refractivity contribution in [2.45, 2.75) is 13.0 Å². The highest BCUT2D eigenvalue weighted by atomic mass is 19.2. The molecule has 0 saturated heterocycles. The number of hydrogen-bond acceptors (Lipinski definition) is 5. The normalized spacial score (nSPS) is 12.0. The SMILES string of the molecule is Cc1ocnc1C(=O)NCC(O)COc1ccc(F)c(F)c1. The Morgan fingerprint density at radius 2 is 2.23 bits per heavy atom. The van der Waals surface area contributed by atoms with Crippen LogP contribution in [0.4, 0.5) is 8.78 Å². The van der Waals surface area contributed by atoms with Crippen molar-refractivity contribution in [3.05, 3.63) is 47.7 Å². The number of rotatable bonds is 6. The quantitative estimate of drug-likeness (QED) is 0.843. The first-order valence-electron chi connectivity index (χ1n) is 6.41. The number of halogens is 2. The van der Waals surface area contributed by atoms with E-state index < -0.39 is 23.6 Å². The van der Waals surface area contributed by atoms with Crippen molar-refractivity contribution in [2.75, 3.05) is 13.2 Å². The van der Waals surface area contributed by atoms with Crippen molar-refractivity contribution >= 4 is 5.91 Å². The number of nitrogens with one attached hydrogen (secondary N) is 1. The number of carbonyl (C=O) groups is 1. The number of aliphatic hydroxyl groups is 1. The average molecular weight is 312 g/mol. The van der Waals surface area contributed by atoms with Gasteiger partial charge in [-0.05, 0) is 19.1 Å². The van der Waals surface area contributed by atoms with Crippen molar-refractivity contribution in [1.29, 1.82) is 0 Å². The van der Waals surface area contributed by atoms with E-state index in [1.54, 1.807) is 6.92 Å². The second-order valence-corrected chi connectivity index (χ2v) is 4.51. The second kappa shape index (κ2) is 6.99. The molecule has 1 aromatic heterocycles. The molecular weight excluding hydrogens is 298 g/mol. The summed E-state index contributed by atoms with van der Waals surface area (Å²) in [7, 11) is 0. The van der Waals surface area contributed by atoms with Crippen LogP contribution in [0.5, 0.6) is 5.75 Å². The van der Waals surface area contributed by atoms with Crippen LogP contribution in [0.1, 0.15) is 16.2 Å². The first-order valence-corrected chi connectivity index (χ1v) is 6.41. The molecule has 0 saturated carbocycles. The van der Waals surface area contributed by atoms with Crippen molar-refractivity contribution < 1.29 is 27.8 Å². The summed E-state index contributed by atoms with van der Waals surface area (Å²) in [6.45, 7) is 1.31. The third-order valence-electron chi connectivity index (χ3n) is 2.79. The zero-order valence-corrected chi connectivity index (χ0v) is 11.7. The lowest BCUT2D eigenvalue weighted by Crippen LogP contribution is -2.35. The van der Waals surface area contributed by atoms with Gasteiger partial charge in [-0.1, -0.05) is 0 Å². The summed E-state index contributed by atoms with van der Waals surface area (Å²) in [6.07, 6.45) is 0.122. The van der Waals surface area contributed by atoms with Gasteiger partial charge >= 0.3 is 0 Å². The minimum absolute atomic E-state index is 0.0802. The number of aliphatic hydroxyl groups excluding tert-OH is 1. The lowest BCUT2D eigenvalue weighted by Gasteiger charge is -2.13. The van der Waals surface area contributed by atoms with E-state index in [1.165, 1.54) is 6.07 Å². The minimum Gasteiger partial charge on any atom is -0.491 e. The smallest absolute Gasteiger partial charge is 0.273 e. The lowest BCUT2D eigenvalue weighted by molar-refractivity contribution is 0.0838. The molecule has 0 aliphatic rings. The molecule has 0 spiro atoms. The molecule has 0 bridgehead atoms. The van der Waals surface area contributed by atoms with Gasteiger partial charge in [0, 0.05) is 12.6 Å². The number of carbonyl (C=O) groups excluding carboxylic acids is 1. The summed E-state index contributed by atoms with van der Waals surface area (Å²) in [5.41, 5.74) is 0.133. The van der Waals surface area contributed by atoms with E-state index in [1.807, 2.05) is 0 Å². The Labute approximate surface area is 124 Å². The predicted molar refractivity (Wildman–Crippen MR) is 71.4 cm³/mol. The maximum absolute atomic E-state index is 13.0. The van der Waals surface area contributed by atoms with Crippen LogP contribution in [0.25, 0.3) is 0 Å². The molecule has 1 aromatic carbocycles. The van der Waals surface area contributed by atoms with Crippen LogP contribution in [-0.4, -0.2) is 35.3 Å². The number of hydrogen-bond donors (Lipinski definition) is 2. The van der Waals surface area contributed by atoms with Crippen LogP contribution in [0.3, 0.4) is 0 Å². The van der Waals surface area contributed by atoms with Crippen molar-refractivity contribution in [1.82, 2.24) is 10.3 Å². The fraction of sp³-hybridized carbons (Fsp3) is 0.286. The number of oxazole rings is 1. The second-order valence-electron chi connectivity index (χ2n) is 4.51. The van der Waals surface area contributed by atoms with E-state index >= 15 is 0 Å². The molecule has 22 heavy (non-hydrogen) atoms. The van der Waals surface area contributed by atoms with Crippen molar-refractivity contribution in [2.24, 2.45) is 0 Å². The molecule has 1 amide bonds. The third kappa shape index (κ3) is 4.01. The number of nitrogens with zero attached hydrogens (tertiary/aromatic N) is 1. The standard InChI is InChI=1S/C14H14F2N2O4/c1-8-13(18-7-22-8)14(20)17-5-9(19)6-21-10-2-3-11(15)12(16)4-10/h2-4,7,9,19H,5-6H2,1H3,(H,17,20). The zero-order valence-electron chi connectivity index (χ0n) is 11.7. The molecule has 2 N–H and O–H groups in total. The Morgan fingerprint density at radius 3 is 2.86 bits per heavy atom. The van der Waals surface area contributed by atoms with E-state index in [2.05, 4.69) is 10.3 Å². The molecule has 1 heterocycles. The molecule has 8 heteroatoms. The average Bonchev–Trinajstić information content (AvgIpc) is 2.92. The third-order valence-corrected chi connectivity index (χ3v) is 2.79. The summed E-state index contributed by atoms with van der Waals surface area (Å²) in [6, 6.07) is 3.04. The highest BCUT2D eigenvalue weighted by Crippen LogP contribution is 2.15. The maximum Gasteiger partial charge on any atom is 0.273 e. The Kier molecular flexibility index (Phi) is 5.05. The Balaban J connectivity index is 1.78.